The van der Waals surface area contributed by atoms with Crippen molar-refractivity contribution in [2.75, 3.05) is 0 Å². The second kappa shape index (κ2) is 3.71. The van der Waals surface area contributed by atoms with Crippen molar-refractivity contribution < 1.29 is 0 Å². The summed E-state index contributed by atoms with van der Waals surface area (Å²) in [5.74, 6) is 0.613. The van der Waals surface area contributed by atoms with Gasteiger partial charge in [0.05, 0.1) is 12.4 Å². The number of hydrogen-bond acceptors (Lipinski definition) is 2. The van der Waals surface area contributed by atoms with Crippen molar-refractivity contribution in [1.29, 1.82) is 0 Å². The van der Waals surface area contributed by atoms with Crippen LogP contribution in [0.2, 0.25) is 0 Å². The van der Waals surface area contributed by atoms with Gasteiger partial charge in [-0.25, -0.2) is 0 Å². The first-order chi connectivity index (χ1) is 5.29. The Bertz CT molecular complexity index is 237. The van der Waals surface area contributed by atoms with Gasteiger partial charge in [-0.2, -0.15) is 0 Å². The zero-order valence-corrected chi connectivity index (χ0v) is 6.49. The highest BCUT2D eigenvalue weighted by molar-refractivity contribution is 5.77. The van der Waals surface area contributed by atoms with E-state index in [1.54, 1.807) is 19.3 Å². The van der Waals surface area contributed by atoms with Gasteiger partial charge < -0.3 is 5.73 Å². The zero-order valence-electron chi connectivity index (χ0n) is 6.49. The molecule has 0 saturated carbocycles. The van der Waals surface area contributed by atoms with Gasteiger partial charge in [0.1, 0.15) is 0 Å². The molecule has 3 heteroatoms. The molecule has 0 bridgehead atoms. The summed E-state index contributed by atoms with van der Waals surface area (Å²) >= 11 is 0. The van der Waals surface area contributed by atoms with Crippen LogP contribution >= 0.6 is 0 Å². The molecular weight excluding hydrogens is 138 g/mol. The molecule has 0 radical (unpaired) electrons. The van der Waals surface area contributed by atoms with Crippen LogP contribution in [0.4, 0.5) is 0 Å². The van der Waals surface area contributed by atoms with E-state index in [1.165, 1.54) is 0 Å². The third-order valence-electron chi connectivity index (χ3n) is 1.26. The number of nitrogens with zero attached hydrogens (tertiary/aromatic N) is 2. The molecule has 0 aliphatic heterocycles. The lowest BCUT2D eigenvalue weighted by molar-refractivity contribution is 1.05. The Balaban J connectivity index is 2.59. The van der Waals surface area contributed by atoms with Crippen molar-refractivity contribution in [2.45, 2.75) is 13.5 Å². The molecule has 0 unspecified atom stereocenters. The maximum absolute atomic E-state index is 5.37. The number of aromatic nitrogens is 1. The lowest BCUT2D eigenvalue weighted by atomic mass is 10.3. The molecular formula is C8H11N3. The average molecular weight is 149 g/mol. The van der Waals surface area contributed by atoms with Crippen LogP contribution < -0.4 is 5.73 Å². The molecule has 0 aliphatic rings. The fraction of sp³-hybridized carbons (Fsp3) is 0.250. The van der Waals surface area contributed by atoms with Gasteiger partial charge in [0.2, 0.25) is 0 Å². The first-order valence-electron chi connectivity index (χ1n) is 3.44. The number of pyridine rings is 1. The Labute approximate surface area is 66.0 Å². The normalized spacial score (nSPS) is 11.5. The first-order valence-corrected chi connectivity index (χ1v) is 3.44. The van der Waals surface area contributed by atoms with Crippen molar-refractivity contribution in [3.63, 3.8) is 0 Å². The Morgan fingerprint density at radius 2 is 2.18 bits per heavy atom. The number of hydrogen-bond donors (Lipinski definition) is 1. The van der Waals surface area contributed by atoms with E-state index in [9.17, 15) is 0 Å². The minimum atomic E-state index is 0.613. The first kappa shape index (κ1) is 7.72. The smallest absolute Gasteiger partial charge is 0.0909 e. The standard InChI is InChI=1S/C8H11N3/c1-7(9)11-6-8-2-4-10-5-3-8/h2-5H,6H2,1H3,(H2,9,11). The zero-order chi connectivity index (χ0) is 8.10. The number of aliphatic imine (C=N–C) groups is 1. The predicted molar refractivity (Wildman–Crippen MR) is 45.2 cm³/mol. The number of amidine groups is 1. The van der Waals surface area contributed by atoms with Crippen LogP contribution in [0, 0.1) is 0 Å². The monoisotopic (exact) mass is 149 g/mol. The third kappa shape index (κ3) is 2.80. The molecule has 0 aromatic carbocycles. The molecule has 0 spiro atoms. The predicted octanol–water partition coefficient (Wildman–Crippen LogP) is 0.959. The molecule has 0 atom stereocenters. The highest BCUT2D eigenvalue weighted by atomic mass is 14.8. The fourth-order valence-corrected chi connectivity index (χ4v) is 0.704. The van der Waals surface area contributed by atoms with E-state index in [1.807, 2.05) is 12.1 Å². The summed E-state index contributed by atoms with van der Waals surface area (Å²) in [6, 6.07) is 3.85. The van der Waals surface area contributed by atoms with Crippen LogP contribution in [-0.4, -0.2) is 10.8 Å². The van der Waals surface area contributed by atoms with E-state index in [-0.39, 0.29) is 0 Å². The SMILES string of the molecule is CC(N)=NCc1ccncc1. The molecule has 1 aromatic rings. The molecule has 0 amide bonds. The highest BCUT2D eigenvalue weighted by Crippen LogP contribution is 1.97. The van der Waals surface area contributed by atoms with Gasteiger partial charge in [-0.3, -0.25) is 9.98 Å². The van der Waals surface area contributed by atoms with Crippen molar-refractivity contribution in [1.82, 2.24) is 4.98 Å². The maximum Gasteiger partial charge on any atom is 0.0909 e. The summed E-state index contributed by atoms with van der Waals surface area (Å²) in [5, 5.41) is 0. The summed E-state index contributed by atoms with van der Waals surface area (Å²) < 4.78 is 0. The van der Waals surface area contributed by atoms with Gasteiger partial charge in [-0.1, -0.05) is 0 Å². The fourth-order valence-electron chi connectivity index (χ4n) is 0.704. The van der Waals surface area contributed by atoms with Crippen molar-refractivity contribution >= 4 is 5.84 Å². The molecule has 58 valence electrons. The quantitative estimate of drug-likeness (QED) is 0.503. The van der Waals surface area contributed by atoms with E-state index >= 15 is 0 Å². The van der Waals surface area contributed by atoms with E-state index in [2.05, 4.69) is 9.98 Å². The minimum Gasteiger partial charge on any atom is -0.388 e. The summed E-state index contributed by atoms with van der Waals surface area (Å²) in [6.07, 6.45) is 3.49. The molecule has 1 aromatic heterocycles. The van der Waals surface area contributed by atoms with Gasteiger partial charge in [0.15, 0.2) is 0 Å². The third-order valence-corrected chi connectivity index (χ3v) is 1.26. The molecule has 2 N–H and O–H groups in total. The molecule has 0 saturated heterocycles. The van der Waals surface area contributed by atoms with Gasteiger partial charge in [-0.15, -0.1) is 0 Å². The summed E-state index contributed by atoms with van der Waals surface area (Å²) in [6.45, 7) is 2.42. The Morgan fingerprint density at radius 1 is 1.55 bits per heavy atom. The van der Waals surface area contributed by atoms with Crippen molar-refractivity contribution in [3.05, 3.63) is 30.1 Å². The van der Waals surface area contributed by atoms with E-state index in [4.69, 9.17) is 5.73 Å². The van der Waals surface area contributed by atoms with Crippen LogP contribution in [0.5, 0.6) is 0 Å². The molecule has 1 heterocycles. The van der Waals surface area contributed by atoms with Crippen LogP contribution in [-0.2, 0) is 6.54 Å². The molecule has 1 rings (SSSR count). The Kier molecular flexibility index (Phi) is 2.60. The molecule has 0 fully saturated rings. The summed E-state index contributed by atoms with van der Waals surface area (Å²) in [5.41, 5.74) is 6.50. The number of rotatable bonds is 2. The van der Waals surface area contributed by atoms with Gasteiger partial charge >= 0.3 is 0 Å². The average Bonchev–Trinajstić information content (AvgIpc) is 2.03. The molecule has 0 aliphatic carbocycles. The highest BCUT2D eigenvalue weighted by Gasteiger charge is 1.87. The van der Waals surface area contributed by atoms with Crippen LogP contribution in [0.1, 0.15) is 12.5 Å². The van der Waals surface area contributed by atoms with Gasteiger partial charge in [-0.05, 0) is 24.6 Å². The second-order valence-electron chi connectivity index (χ2n) is 2.31. The Hall–Kier alpha value is -1.38. The van der Waals surface area contributed by atoms with Crippen LogP contribution in [0.3, 0.4) is 0 Å². The summed E-state index contributed by atoms with van der Waals surface area (Å²) in [4.78, 5) is 7.95. The van der Waals surface area contributed by atoms with Gasteiger partial charge in [0, 0.05) is 12.4 Å². The Morgan fingerprint density at radius 3 is 2.73 bits per heavy atom. The second-order valence-corrected chi connectivity index (χ2v) is 2.31. The van der Waals surface area contributed by atoms with Crippen molar-refractivity contribution in [3.8, 4) is 0 Å². The lowest BCUT2D eigenvalue weighted by Gasteiger charge is -1.94. The maximum atomic E-state index is 5.37. The minimum absolute atomic E-state index is 0.613. The van der Waals surface area contributed by atoms with E-state index < -0.39 is 0 Å². The van der Waals surface area contributed by atoms with E-state index in [0.717, 1.165) is 5.56 Å². The summed E-state index contributed by atoms with van der Waals surface area (Å²) in [7, 11) is 0. The lowest BCUT2D eigenvalue weighted by Crippen LogP contribution is -2.05. The van der Waals surface area contributed by atoms with E-state index in [0.29, 0.717) is 12.4 Å². The molecule has 3 nitrogen and oxygen atoms in total. The largest absolute Gasteiger partial charge is 0.388 e. The molecule has 11 heavy (non-hydrogen) atoms. The van der Waals surface area contributed by atoms with Gasteiger partial charge in [0.25, 0.3) is 0 Å². The number of nitrogens with two attached hydrogens (primary N) is 1. The van der Waals surface area contributed by atoms with Crippen molar-refractivity contribution in [2.24, 2.45) is 10.7 Å². The van der Waals surface area contributed by atoms with Crippen LogP contribution in [0.25, 0.3) is 0 Å². The van der Waals surface area contributed by atoms with Crippen LogP contribution in [0.15, 0.2) is 29.5 Å². The topological polar surface area (TPSA) is 51.3 Å².